The highest BCUT2D eigenvalue weighted by molar-refractivity contribution is 6.01. The molecule has 0 spiro atoms. The lowest BCUT2D eigenvalue weighted by molar-refractivity contribution is 0.0534. The minimum absolute atomic E-state index is 0.0367. The Morgan fingerprint density at radius 1 is 1.16 bits per heavy atom. The minimum atomic E-state index is -0.512. The van der Waals surface area contributed by atoms with Crippen LogP contribution < -0.4 is 5.56 Å². The summed E-state index contributed by atoms with van der Waals surface area (Å²) in [6.07, 6.45) is 0. The molecule has 3 rings (SSSR count). The van der Waals surface area contributed by atoms with Crippen molar-refractivity contribution < 1.29 is 9.53 Å². The van der Waals surface area contributed by atoms with Crippen molar-refractivity contribution in [3.63, 3.8) is 0 Å². The van der Waals surface area contributed by atoms with Crippen LogP contribution in [0.1, 0.15) is 21.6 Å². The van der Waals surface area contributed by atoms with E-state index >= 15 is 0 Å². The minimum Gasteiger partial charge on any atom is -0.456 e. The van der Waals surface area contributed by atoms with E-state index in [1.54, 1.807) is 24.3 Å². The number of benzene rings is 1. The van der Waals surface area contributed by atoms with Gasteiger partial charge in [0.25, 0.3) is 5.56 Å². The van der Waals surface area contributed by atoms with E-state index in [9.17, 15) is 9.59 Å². The highest BCUT2D eigenvalue weighted by atomic mass is 16.5. The van der Waals surface area contributed by atoms with Crippen molar-refractivity contribution in [1.82, 2.24) is 4.98 Å². The number of aromatic amines is 1. The molecule has 1 aromatic heterocycles. The van der Waals surface area contributed by atoms with Crippen LogP contribution >= 0.6 is 0 Å². The molecule has 5 nitrogen and oxygen atoms in total. The van der Waals surface area contributed by atoms with Crippen molar-refractivity contribution in [2.75, 3.05) is 0 Å². The van der Waals surface area contributed by atoms with E-state index in [1.165, 1.54) is 0 Å². The summed E-state index contributed by atoms with van der Waals surface area (Å²) >= 11 is 0. The molecule has 0 aliphatic carbocycles. The average Bonchev–Trinajstić information content (AvgIpc) is 2.79. The molecule has 0 unspecified atom stereocenters. The molecule has 2 aromatic rings. The smallest absolute Gasteiger partial charge is 0.341 e. The molecule has 0 saturated heterocycles. The van der Waals surface area contributed by atoms with Crippen LogP contribution in [0, 0.1) is 11.3 Å². The number of fused-ring (bicyclic) bond motifs is 1. The van der Waals surface area contributed by atoms with E-state index in [1.807, 2.05) is 12.1 Å². The first-order valence-electron chi connectivity index (χ1n) is 5.64. The van der Waals surface area contributed by atoms with Crippen molar-refractivity contribution >= 4 is 5.97 Å². The second-order valence-electron chi connectivity index (χ2n) is 4.11. The average molecular weight is 252 g/mol. The summed E-state index contributed by atoms with van der Waals surface area (Å²) in [7, 11) is 0. The molecule has 0 radical (unpaired) electrons. The maximum absolute atomic E-state index is 11.9. The number of carbonyl (C=O) groups is 1. The predicted molar refractivity (Wildman–Crippen MR) is 66.3 cm³/mol. The van der Waals surface area contributed by atoms with Crippen LogP contribution in [-0.2, 0) is 11.3 Å². The molecular weight excluding hydrogens is 244 g/mol. The summed E-state index contributed by atoms with van der Waals surface area (Å²) in [6, 6.07) is 10.7. The van der Waals surface area contributed by atoms with Crippen molar-refractivity contribution in [3.05, 3.63) is 57.5 Å². The van der Waals surface area contributed by atoms with E-state index in [4.69, 9.17) is 10.00 Å². The van der Waals surface area contributed by atoms with Gasteiger partial charge in [0.2, 0.25) is 0 Å². The fourth-order valence-electron chi connectivity index (χ4n) is 2.20. The quantitative estimate of drug-likeness (QED) is 0.781. The van der Waals surface area contributed by atoms with Crippen molar-refractivity contribution in [2.45, 2.75) is 6.61 Å². The van der Waals surface area contributed by atoms with Crippen molar-refractivity contribution in [2.24, 2.45) is 0 Å². The Morgan fingerprint density at radius 2 is 1.89 bits per heavy atom. The largest absolute Gasteiger partial charge is 0.456 e. The van der Waals surface area contributed by atoms with E-state index < -0.39 is 11.5 Å². The van der Waals surface area contributed by atoms with Crippen LogP contribution in [0.2, 0.25) is 0 Å². The fourth-order valence-corrected chi connectivity index (χ4v) is 2.20. The maximum atomic E-state index is 11.9. The summed E-state index contributed by atoms with van der Waals surface area (Å²) in [6.45, 7) is 0.0367. The number of hydrogen-bond acceptors (Lipinski definition) is 4. The van der Waals surface area contributed by atoms with Gasteiger partial charge in [0.05, 0.1) is 11.3 Å². The molecule has 0 fully saturated rings. The molecule has 1 aliphatic heterocycles. The van der Waals surface area contributed by atoms with Crippen molar-refractivity contribution in [1.29, 1.82) is 5.26 Å². The Bertz CT molecular complexity index is 770. The number of nitriles is 1. The number of nitrogens with one attached hydrogen (secondary N) is 1. The first kappa shape index (κ1) is 11.2. The van der Waals surface area contributed by atoms with Gasteiger partial charge in [0, 0.05) is 5.56 Å². The van der Waals surface area contributed by atoms with Gasteiger partial charge in [-0.3, -0.25) is 4.79 Å². The number of aromatic nitrogens is 1. The summed E-state index contributed by atoms with van der Waals surface area (Å²) in [5.74, 6) is -0.512. The molecule has 19 heavy (non-hydrogen) atoms. The second kappa shape index (κ2) is 4.10. The molecule has 5 heteroatoms. The molecule has 0 amide bonds. The molecular formula is C14H8N2O3. The zero-order chi connectivity index (χ0) is 13.4. The van der Waals surface area contributed by atoms with Crippen LogP contribution in [0.5, 0.6) is 0 Å². The van der Waals surface area contributed by atoms with Crippen LogP contribution in [0.3, 0.4) is 0 Å². The lowest BCUT2D eigenvalue weighted by atomic mass is 9.95. The molecule has 1 aliphatic rings. The number of hydrogen-bond donors (Lipinski definition) is 1. The monoisotopic (exact) mass is 252 g/mol. The summed E-state index contributed by atoms with van der Waals surface area (Å²) in [5, 5.41) is 9.16. The van der Waals surface area contributed by atoms with Crippen LogP contribution in [0.4, 0.5) is 0 Å². The predicted octanol–water partition coefficient (Wildman–Crippen LogP) is 1.58. The number of rotatable bonds is 1. The van der Waals surface area contributed by atoms with Gasteiger partial charge in [-0.25, -0.2) is 4.79 Å². The van der Waals surface area contributed by atoms with Gasteiger partial charge in [-0.05, 0) is 5.56 Å². The summed E-state index contributed by atoms with van der Waals surface area (Å²) in [5.41, 5.74) is 1.14. The molecule has 1 aromatic carbocycles. The van der Waals surface area contributed by atoms with Crippen LogP contribution in [-0.4, -0.2) is 11.0 Å². The third-order valence-electron chi connectivity index (χ3n) is 3.02. The Morgan fingerprint density at radius 3 is 2.58 bits per heavy atom. The van der Waals surface area contributed by atoms with E-state index in [0.29, 0.717) is 16.8 Å². The number of pyridine rings is 1. The van der Waals surface area contributed by atoms with Gasteiger partial charge in [-0.1, -0.05) is 30.3 Å². The van der Waals surface area contributed by atoms with Crippen LogP contribution in [0.15, 0.2) is 35.1 Å². The number of esters is 1. The highest BCUT2D eigenvalue weighted by Crippen LogP contribution is 2.31. The first-order chi connectivity index (χ1) is 9.22. The van der Waals surface area contributed by atoms with Gasteiger partial charge >= 0.3 is 5.97 Å². The summed E-state index contributed by atoms with van der Waals surface area (Å²) < 4.78 is 4.92. The number of ether oxygens (including phenoxy) is 1. The lowest BCUT2D eigenvalue weighted by Crippen LogP contribution is -2.16. The van der Waals surface area contributed by atoms with Gasteiger partial charge in [0.1, 0.15) is 18.2 Å². The second-order valence-corrected chi connectivity index (χ2v) is 4.11. The van der Waals surface area contributed by atoms with E-state index in [0.717, 1.165) is 0 Å². The SMILES string of the molecule is N#Cc1c(-c2ccccc2)c2c([nH]c1=O)COC2=O. The number of carbonyl (C=O) groups excluding carboxylic acids is 1. The van der Waals surface area contributed by atoms with Gasteiger partial charge in [-0.15, -0.1) is 0 Å². The highest BCUT2D eigenvalue weighted by Gasteiger charge is 2.29. The third-order valence-corrected chi connectivity index (χ3v) is 3.02. The van der Waals surface area contributed by atoms with Crippen molar-refractivity contribution in [3.8, 4) is 17.2 Å². The zero-order valence-corrected chi connectivity index (χ0v) is 9.77. The molecule has 0 atom stereocenters. The topological polar surface area (TPSA) is 82.9 Å². The number of nitrogens with zero attached hydrogens (tertiary/aromatic N) is 1. The Kier molecular flexibility index (Phi) is 2.43. The molecule has 1 N–H and O–H groups in total. The fraction of sp³-hybridized carbons (Fsp3) is 0.0714. The molecule has 92 valence electrons. The van der Waals surface area contributed by atoms with Crippen LogP contribution in [0.25, 0.3) is 11.1 Å². The van der Waals surface area contributed by atoms with Gasteiger partial charge < -0.3 is 9.72 Å². The Hall–Kier alpha value is -2.87. The van der Waals surface area contributed by atoms with E-state index in [-0.39, 0.29) is 17.7 Å². The number of cyclic esters (lactones) is 1. The van der Waals surface area contributed by atoms with E-state index in [2.05, 4.69) is 4.98 Å². The first-order valence-corrected chi connectivity index (χ1v) is 5.64. The molecule has 0 saturated carbocycles. The van der Waals surface area contributed by atoms with Gasteiger partial charge in [0.15, 0.2) is 0 Å². The number of H-pyrrole nitrogens is 1. The third kappa shape index (κ3) is 1.62. The Labute approximate surface area is 108 Å². The molecule has 2 heterocycles. The molecule has 0 bridgehead atoms. The summed E-state index contributed by atoms with van der Waals surface area (Å²) in [4.78, 5) is 26.2. The maximum Gasteiger partial charge on any atom is 0.341 e. The zero-order valence-electron chi connectivity index (χ0n) is 9.77. The lowest BCUT2D eigenvalue weighted by Gasteiger charge is -2.07. The Balaban J connectivity index is 2.44. The standard InChI is InChI=1S/C14H8N2O3/c15-6-9-11(8-4-2-1-3-5-8)12-10(16-13(9)17)7-19-14(12)18/h1-5H,7H2,(H,16,17). The normalized spacial score (nSPS) is 12.7. The van der Waals surface area contributed by atoms with Gasteiger partial charge in [-0.2, -0.15) is 5.26 Å².